The lowest BCUT2D eigenvalue weighted by molar-refractivity contribution is 0.788. The van der Waals surface area contributed by atoms with Gasteiger partial charge in [-0.05, 0) is 50.6 Å². The average Bonchev–Trinajstić information content (AvgIpc) is 2.30. The smallest absolute Gasteiger partial charge is 0.0444 e. The maximum Gasteiger partial charge on any atom is 0.0444 e. The van der Waals surface area contributed by atoms with Crippen molar-refractivity contribution in [2.75, 3.05) is 4.90 Å². The molecule has 0 fully saturated rings. The van der Waals surface area contributed by atoms with E-state index in [-0.39, 0.29) is 0 Å². The van der Waals surface area contributed by atoms with Gasteiger partial charge in [0, 0.05) is 29.8 Å². The van der Waals surface area contributed by atoms with Crippen molar-refractivity contribution in [3.8, 4) is 0 Å². The summed E-state index contributed by atoms with van der Waals surface area (Å²) in [5, 5.41) is 0. The summed E-state index contributed by atoms with van der Waals surface area (Å²) >= 11 is 0. The first-order valence-electron chi connectivity index (χ1n) is 5.94. The highest BCUT2D eigenvalue weighted by atomic mass is 15.2. The Labute approximate surface area is 103 Å². The number of nitrogens with zero attached hydrogens (tertiary/aromatic N) is 2. The first kappa shape index (κ1) is 11.6. The lowest BCUT2D eigenvalue weighted by Gasteiger charge is -2.29. The number of hydrogen-bond acceptors (Lipinski definition) is 2. The van der Waals surface area contributed by atoms with Gasteiger partial charge in [0.1, 0.15) is 0 Å². The highest BCUT2D eigenvalue weighted by Crippen LogP contribution is 2.27. The molecule has 17 heavy (non-hydrogen) atoms. The number of hydrogen-bond donors (Lipinski definition) is 0. The molecular weight excluding hydrogens is 208 g/mol. The molecule has 0 aliphatic heterocycles. The predicted octanol–water partition coefficient (Wildman–Crippen LogP) is 3.94. The van der Waals surface area contributed by atoms with Crippen LogP contribution in [-0.2, 0) is 0 Å². The molecular formula is C15H18N2. The first-order valence-corrected chi connectivity index (χ1v) is 5.94. The molecule has 1 heterocycles. The second-order valence-electron chi connectivity index (χ2n) is 4.51. The van der Waals surface area contributed by atoms with Gasteiger partial charge in [-0.25, -0.2) is 0 Å². The van der Waals surface area contributed by atoms with Gasteiger partial charge >= 0.3 is 0 Å². The van der Waals surface area contributed by atoms with Gasteiger partial charge in [-0.15, -0.1) is 0 Å². The molecule has 0 aliphatic rings. The number of benzene rings is 1. The van der Waals surface area contributed by atoms with Gasteiger partial charge in [0.2, 0.25) is 0 Å². The van der Waals surface area contributed by atoms with Crippen molar-refractivity contribution in [2.45, 2.75) is 26.8 Å². The molecule has 2 heteroatoms. The maximum absolute atomic E-state index is 4.07. The minimum absolute atomic E-state index is 0.416. The Hall–Kier alpha value is -1.83. The molecule has 0 bridgehead atoms. The van der Waals surface area contributed by atoms with E-state index in [1.165, 1.54) is 16.9 Å². The van der Waals surface area contributed by atoms with Gasteiger partial charge in [0.05, 0.1) is 0 Å². The van der Waals surface area contributed by atoms with Gasteiger partial charge in [-0.2, -0.15) is 0 Å². The van der Waals surface area contributed by atoms with E-state index in [4.69, 9.17) is 0 Å². The van der Waals surface area contributed by atoms with Crippen molar-refractivity contribution in [3.05, 3.63) is 54.4 Å². The van der Waals surface area contributed by atoms with Crippen molar-refractivity contribution in [3.63, 3.8) is 0 Å². The van der Waals surface area contributed by atoms with Crippen LogP contribution in [0, 0.1) is 6.92 Å². The van der Waals surface area contributed by atoms with Crippen LogP contribution in [0.1, 0.15) is 19.4 Å². The van der Waals surface area contributed by atoms with Crippen LogP contribution in [-0.4, -0.2) is 11.0 Å². The van der Waals surface area contributed by atoms with Crippen LogP contribution >= 0.6 is 0 Å². The molecule has 0 atom stereocenters. The van der Waals surface area contributed by atoms with Crippen LogP contribution in [0.5, 0.6) is 0 Å². The van der Waals surface area contributed by atoms with Gasteiger partial charge in [0.15, 0.2) is 0 Å². The Morgan fingerprint density at radius 3 is 2.29 bits per heavy atom. The largest absolute Gasteiger partial charge is 0.339 e. The van der Waals surface area contributed by atoms with Gasteiger partial charge in [-0.1, -0.05) is 12.1 Å². The van der Waals surface area contributed by atoms with Crippen LogP contribution in [0.3, 0.4) is 0 Å². The van der Waals surface area contributed by atoms with Crippen molar-refractivity contribution >= 4 is 11.4 Å². The minimum atomic E-state index is 0.416. The summed E-state index contributed by atoms with van der Waals surface area (Å²) in [4.78, 5) is 6.39. The average molecular weight is 226 g/mol. The lowest BCUT2D eigenvalue weighted by atomic mass is 10.1. The summed E-state index contributed by atoms with van der Waals surface area (Å²) in [7, 11) is 0. The lowest BCUT2D eigenvalue weighted by Crippen LogP contribution is -2.25. The Morgan fingerprint density at radius 2 is 1.71 bits per heavy atom. The summed E-state index contributed by atoms with van der Waals surface area (Å²) in [5.41, 5.74) is 3.69. The molecule has 1 aromatic carbocycles. The van der Waals surface area contributed by atoms with E-state index < -0.39 is 0 Å². The van der Waals surface area contributed by atoms with Crippen molar-refractivity contribution < 1.29 is 0 Å². The number of pyridine rings is 1. The summed E-state index contributed by atoms with van der Waals surface area (Å²) < 4.78 is 0. The standard InChI is InChI=1S/C15H18N2/c1-12(2)17(14-7-9-16-10-8-14)15-6-4-5-13(3)11-15/h4-12H,1-3H3. The van der Waals surface area contributed by atoms with Crippen LogP contribution in [0.2, 0.25) is 0 Å². The minimum Gasteiger partial charge on any atom is -0.339 e. The van der Waals surface area contributed by atoms with Crippen LogP contribution in [0.15, 0.2) is 48.8 Å². The van der Waals surface area contributed by atoms with E-state index in [9.17, 15) is 0 Å². The fraction of sp³-hybridized carbons (Fsp3) is 0.267. The highest BCUT2D eigenvalue weighted by Gasteiger charge is 2.12. The SMILES string of the molecule is Cc1cccc(N(c2ccncc2)C(C)C)c1. The quantitative estimate of drug-likeness (QED) is 0.788. The monoisotopic (exact) mass is 226 g/mol. The normalized spacial score (nSPS) is 10.6. The summed E-state index contributed by atoms with van der Waals surface area (Å²) in [5.74, 6) is 0. The van der Waals surface area contributed by atoms with Gasteiger partial charge < -0.3 is 4.90 Å². The Balaban J connectivity index is 2.43. The van der Waals surface area contributed by atoms with E-state index in [0.29, 0.717) is 6.04 Å². The summed E-state index contributed by atoms with van der Waals surface area (Å²) in [6, 6.07) is 13.1. The molecule has 0 N–H and O–H groups in total. The molecule has 2 rings (SSSR count). The Kier molecular flexibility index (Phi) is 3.43. The number of aromatic nitrogens is 1. The second kappa shape index (κ2) is 5.00. The molecule has 88 valence electrons. The summed E-state index contributed by atoms with van der Waals surface area (Å²) in [6.45, 7) is 6.51. The zero-order valence-electron chi connectivity index (χ0n) is 10.6. The molecule has 0 saturated heterocycles. The zero-order valence-corrected chi connectivity index (χ0v) is 10.6. The van der Waals surface area contributed by atoms with Crippen LogP contribution in [0.4, 0.5) is 11.4 Å². The topological polar surface area (TPSA) is 16.1 Å². The molecule has 0 amide bonds. The third kappa shape index (κ3) is 2.64. The van der Waals surface area contributed by atoms with Crippen LogP contribution in [0.25, 0.3) is 0 Å². The van der Waals surface area contributed by atoms with E-state index in [2.05, 4.69) is 54.9 Å². The van der Waals surface area contributed by atoms with E-state index >= 15 is 0 Å². The van der Waals surface area contributed by atoms with Crippen LogP contribution < -0.4 is 4.90 Å². The summed E-state index contributed by atoms with van der Waals surface area (Å²) in [6.07, 6.45) is 3.67. The van der Waals surface area contributed by atoms with Crippen molar-refractivity contribution in [1.82, 2.24) is 4.98 Å². The zero-order chi connectivity index (χ0) is 12.3. The number of rotatable bonds is 3. The fourth-order valence-electron chi connectivity index (χ4n) is 2.03. The van der Waals surface area contributed by atoms with Crippen molar-refractivity contribution in [1.29, 1.82) is 0 Å². The molecule has 1 aromatic heterocycles. The molecule has 0 saturated carbocycles. The number of anilines is 2. The predicted molar refractivity (Wildman–Crippen MR) is 72.7 cm³/mol. The van der Waals surface area contributed by atoms with E-state index in [0.717, 1.165) is 0 Å². The molecule has 0 unspecified atom stereocenters. The maximum atomic E-state index is 4.07. The highest BCUT2D eigenvalue weighted by molar-refractivity contribution is 5.64. The fourth-order valence-corrected chi connectivity index (χ4v) is 2.03. The molecule has 2 aromatic rings. The number of aryl methyl sites for hydroxylation is 1. The molecule has 0 spiro atoms. The Morgan fingerprint density at radius 1 is 1.00 bits per heavy atom. The van der Waals surface area contributed by atoms with Crippen molar-refractivity contribution in [2.24, 2.45) is 0 Å². The van der Waals surface area contributed by atoms with E-state index in [1.54, 1.807) is 0 Å². The molecule has 2 nitrogen and oxygen atoms in total. The molecule has 0 radical (unpaired) electrons. The third-order valence-corrected chi connectivity index (χ3v) is 2.74. The van der Waals surface area contributed by atoms with Gasteiger partial charge in [0.25, 0.3) is 0 Å². The Bertz CT molecular complexity index is 477. The van der Waals surface area contributed by atoms with E-state index in [1.807, 2.05) is 24.5 Å². The third-order valence-electron chi connectivity index (χ3n) is 2.74. The second-order valence-corrected chi connectivity index (χ2v) is 4.51. The van der Waals surface area contributed by atoms with Gasteiger partial charge in [-0.3, -0.25) is 4.98 Å². The first-order chi connectivity index (χ1) is 8.18. The molecule has 0 aliphatic carbocycles.